The zero-order valence-electron chi connectivity index (χ0n) is 10.3. The summed E-state index contributed by atoms with van der Waals surface area (Å²) in [6.07, 6.45) is 0. The summed E-state index contributed by atoms with van der Waals surface area (Å²) in [7, 11) is 0. The lowest BCUT2D eigenvalue weighted by molar-refractivity contribution is 0.0999. The molecule has 0 aliphatic heterocycles. The molecular formula is C13H14N4O. The first-order valence-corrected chi connectivity index (χ1v) is 5.50. The maximum atomic E-state index is 11.5. The SMILES string of the molecule is Cc1cccc(-c2nc(N)nc(C)c2C(N)=O)c1. The molecule has 0 spiro atoms. The summed E-state index contributed by atoms with van der Waals surface area (Å²) in [4.78, 5) is 19.6. The number of primary amides is 1. The van der Waals surface area contributed by atoms with Crippen LogP contribution in [0.25, 0.3) is 11.3 Å². The molecule has 0 saturated heterocycles. The van der Waals surface area contributed by atoms with Crippen molar-refractivity contribution in [1.29, 1.82) is 0 Å². The van der Waals surface area contributed by atoms with Gasteiger partial charge in [0.1, 0.15) is 0 Å². The van der Waals surface area contributed by atoms with E-state index in [-0.39, 0.29) is 5.95 Å². The van der Waals surface area contributed by atoms with Crippen molar-refractivity contribution in [3.05, 3.63) is 41.1 Å². The largest absolute Gasteiger partial charge is 0.368 e. The van der Waals surface area contributed by atoms with Gasteiger partial charge in [-0.3, -0.25) is 4.79 Å². The van der Waals surface area contributed by atoms with E-state index in [1.165, 1.54) is 0 Å². The molecule has 0 bridgehead atoms. The van der Waals surface area contributed by atoms with Gasteiger partial charge in [0.2, 0.25) is 5.95 Å². The van der Waals surface area contributed by atoms with E-state index in [1.807, 2.05) is 31.2 Å². The number of amides is 1. The smallest absolute Gasteiger partial charge is 0.252 e. The summed E-state index contributed by atoms with van der Waals surface area (Å²) in [6.45, 7) is 3.66. The molecule has 1 aromatic carbocycles. The van der Waals surface area contributed by atoms with Crippen molar-refractivity contribution >= 4 is 11.9 Å². The second-order valence-corrected chi connectivity index (χ2v) is 4.12. The number of nitrogen functional groups attached to an aromatic ring is 1. The molecule has 0 aliphatic carbocycles. The van der Waals surface area contributed by atoms with Crippen LogP contribution >= 0.6 is 0 Å². The third-order valence-corrected chi connectivity index (χ3v) is 2.65. The highest BCUT2D eigenvalue weighted by atomic mass is 16.1. The van der Waals surface area contributed by atoms with Crippen molar-refractivity contribution < 1.29 is 4.79 Å². The predicted octanol–water partition coefficient (Wildman–Crippen LogP) is 1.44. The van der Waals surface area contributed by atoms with Crippen molar-refractivity contribution in [1.82, 2.24) is 9.97 Å². The maximum absolute atomic E-state index is 11.5. The summed E-state index contributed by atoms with van der Waals surface area (Å²) >= 11 is 0. The summed E-state index contributed by atoms with van der Waals surface area (Å²) in [5.74, 6) is -0.419. The van der Waals surface area contributed by atoms with Gasteiger partial charge in [-0.05, 0) is 19.9 Å². The van der Waals surface area contributed by atoms with Crippen molar-refractivity contribution in [2.75, 3.05) is 5.73 Å². The lowest BCUT2D eigenvalue weighted by Gasteiger charge is -2.10. The van der Waals surface area contributed by atoms with E-state index >= 15 is 0 Å². The maximum Gasteiger partial charge on any atom is 0.252 e. The highest BCUT2D eigenvalue weighted by Crippen LogP contribution is 2.24. The Morgan fingerprint density at radius 3 is 2.56 bits per heavy atom. The van der Waals surface area contributed by atoms with Crippen LogP contribution in [0.2, 0.25) is 0 Å². The molecule has 92 valence electrons. The Hall–Kier alpha value is -2.43. The van der Waals surface area contributed by atoms with Gasteiger partial charge in [0.05, 0.1) is 17.0 Å². The average Bonchev–Trinajstić information content (AvgIpc) is 2.27. The fraction of sp³-hybridized carbons (Fsp3) is 0.154. The molecule has 18 heavy (non-hydrogen) atoms. The quantitative estimate of drug-likeness (QED) is 0.833. The first-order chi connectivity index (χ1) is 8.49. The Balaban J connectivity index is 2.73. The number of carbonyl (C=O) groups excluding carboxylic acids is 1. The highest BCUT2D eigenvalue weighted by Gasteiger charge is 2.16. The van der Waals surface area contributed by atoms with E-state index in [2.05, 4.69) is 9.97 Å². The van der Waals surface area contributed by atoms with E-state index in [0.717, 1.165) is 11.1 Å². The third kappa shape index (κ3) is 2.15. The van der Waals surface area contributed by atoms with Crippen LogP contribution in [0.5, 0.6) is 0 Å². The lowest BCUT2D eigenvalue weighted by atomic mass is 10.0. The lowest BCUT2D eigenvalue weighted by Crippen LogP contribution is -2.17. The molecule has 0 fully saturated rings. The fourth-order valence-electron chi connectivity index (χ4n) is 1.89. The van der Waals surface area contributed by atoms with Crippen LogP contribution in [0, 0.1) is 13.8 Å². The average molecular weight is 242 g/mol. The van der Waals surface area contributed by atoms with Crippen molar-refractivity contribution in [2.24, 2.45) is 5.73 Å². The first kappa shape index (κ1) is 12.0. The molecule has 0 atom stereocenters. The molecule has 1 amide bonds. The summed E-state index contributed by atoms with van der Waals surface area (Å²) in [5.41, 5.74) is 14.2. The molecule has 0 radical (unpaired) electrons. The third-order valence-electron chi connectivity index (χ3n) is 2.65. The van der Waals surface area contributed by atoms with Crippen molar-refractivity contribution in [3.8, 4) is 11.3 Å². The molecule has 4 N–H and O–H groups in total. The van der Waals surface area contributed by atoms with Crippen LogP contribution in [0.4, 0.5) is 5.95 Å². The van der Waals surface area contributed by atoms with E-state index in [9.17, 15) is 4.79 Å². The van der Waals surface area contributed by atoms with Gasteiger partial charge in [-0.2, -0.15) is 0 Å². The number of benzene rings is 1. The van der Waals surface area contributed by atoms with Crippen LogP contribution in [-0.2, 0) is 0 Å². The number of aromatic nitrogens is 2. The number of anilines is 1. The molecule has 0 saturated carbocycles. The van der Waals surface area contributed by atoms with Crippen LogP contribution in [0.1, 0.15) is 21.6 Å². The number of nitrogens with two attached hydrogens (primary N) is 2. The molecule has 1 aromatic heterocycles. The minimum atomic E-state index is -0.552. The Labute approximate surface area is 105 Å². The fourth-order valence-corrected chi connectivity index (χ4v) is 1.89. The van der Waals surface area contributed by atoms with Gasteiger partial charge in [0.25, 0.3) is 5.91 Å². The highest BCUT2D eigenvalue weighted by molar-refractivity contribution is 6.00. The topological polar surface area (TPSA) is 94.9 Å². The van der Waals surface area contributed by atoms with Gasteiger partial charge in [0.15, 0.2) is 0 Å². The standard InChI is InChI=1S/C13H14N4O/c1-7-4-3-5-9(6-7)11-10(12(14)18)8(2)16-13(15)17-11/h3-6H,1-2H3,(H2,14,18)(H2,15,16,17). The molecule has 0 aliphatic rings. The number of rotatable bonds is 2. The number of nitrogens with zero attached hydrogens (tertiary/aromatic N) is 2. The van der Waals surface area contributed by atoms with Gasteiger partial charge in [-0.25, -0.2) is 9.97 Å². The first-order valence-electron chi connectivity index (χ1n) is 5.50. The molecule has 5 nitrogen and oxygen atoms in total. The Bertz CT molecular complexity index is 622. The van der Waals surface area contributed by atoms with Crippen LogP contribution in [-0.4, -0.2) is 15.9 Å². The summed E-state index contributed by atoms with van der Waals surface area (Å²) in [6, 6.07) is 7.64. The van der Waals surface area contributed by atoms with Crippen molar-refractivity contribution in [2.45, 2.75) is 13.8 Å². The molecular weight excluding hydrogens is 228 g/mol. The molecule has 2 rings (SSSR count). The van der Waals surface area contributed by atoms with E-state index < -0.39 is 5.91 Å². The van der Waals surface area contributed by atoms with Crippen LogP contribution in [0.15, 0.2) is 24.3 Å². The molecule has 5 heteroatoms. The van der Waals surface area contributed by atoms with E-state index in [0.29, 0.717) is 17.0 Å². The summed E-state index contributed by atoms with van der Waals surface area (Å²) < 4.78 is 0. The normalized spacial score (nSPS) is 10.3. The molecule has 0 unspecified atom stereocenters. The number of carbonyl (C=O) groups is 1. The zero-order valence-corrected chi connectivity index (χ0v) is 10.3. The van der Waals surface area contributed by atoms with Crippen molar-refractivity contribution in [3.63, 3.8) is 0 Å². The zero-order chi connectivity index (χ0) is 13.3. The van der Waals surface area contributed by atoms with Crippen LogP contribution < -0.4 is 11.5 Å². The second-order valence-electron chi connectivity index (χ2n) is 4.12. The van der Waals surface area contributed by atoms with Gasteiger partial charge in [-0.1, -0.05) is 23.8 Å². The van der Waals surface area contributed by atoms with Gasteiger partial charge in [0, 0.05) is 5.56 Å². The predicted molar refractivity (Wildman–Crippen MR) is 69.9 cm³/mol. The number of hydrogen-bond donors (Lipinski definition) is 2. The Morgan fingerprint density at radius 1 is 1.22 bits per heavy atom. The minimum absolute atomic E-state index is 0.133. The minimum Gasteiger partial charge on any atom is -0.368 e. The number of aryl methyl sites for hydroxylation is 2. The molecule has 2 aromatic rings. The second kappa shape index (κ2) is 4.44. The summed E-state index contributed by atoms with van der Waals surface area (Å²) in [5, 5.41) is 0. The van der Waals surface area contributed by atoms with Gasteiger partial charge < -0.3 is 11.5 Å². The van der Waals surface area contributed by atoms with Gasteiger partial charge >= 0.3 is 0 Å². The van der Waals surface area contributed by atoms with Crippen LogP contribution in [0.3, 0.4) is 0 Å². The Kier molecular flexibility index (Phi) is 2.97. The van der Waals surface area contributed by atoms with E-state index in [4.69, 9.17) is 11.5 Å². The molecule has 1 heterocycles. The number of hydrogen-bond acceptors (Lipinski definition) is 4. The van der Waals surface area contributed by atoms with E-state index in [1.54, 1.807) is 6.92 Å². The Morgan fingerprint density at radius 2 is 1.94 bits per heavy atom. The van der Waals surface area contributed by atoms with Gasteiger partial charge in [-0.15, -0.1) is 0 Å². The monoisotopic (exact) mass is 242 g/mol.